The Morgan fingerprint density at radius 1 is 1.03 bits per heavy atom. The van der Waals surface area contributed by atoms with Crippen molar-refractivity contribution < 1.29 is 9.59 Å². The highest BCUT2D eigenvalue weighted by Crippen LogP contribution is 2.39. The number of aliphatic imine (C=N–C) groups is 1. The minimum Gasteiger partial charge on any atom is -0.326 e. The van der Waals surface area contributed by atoms with E-state index >= 15 is 0 Å². The van der Waals surface area contributed by atoms with Gasteiger partial charge in [-0.15, -0.1) is 0 Å². The Balaban J connectivity index is 1.39. The van der Waals surface area contributed by atoms with Crippen LogP contribution in [-0.4, -0.2) is 47.3 Å². The lowest BCUT2D eigenvalue weighted by atomic mass is 9.84. The topological polar surface area (TPSA) is 77.0 Å². The Morgan fingerprint density at radius 2 is 1.73 bits per heavy atom. The first-order valence-corrected chi connectivity index (χ1v) is 13.9. The van der Waals surface area contributed by atoms with E-state index in [-0.39, 0.29) is 11.9 Å². The number of anilines is 2. The zero-order valence-electron chi connectivity index (χ0n) is 21.9. The standard InChI is InChI=1S/C30H39N5O2/c1-2-9-27(36)31-25-14-16-26(17-15-25)35-29(37)33-28(32-24-12-7-4-8-13-24)30(35)18-20-34(21-19-30)22-23-10-5-3-6-11-23/h3,5-6,10-11,14-17,24H,2,4,7-9,12-13,18-22H2,1H3,(H,31,36)(H,32,33,37). The number of amidine groups is 1. The van der Waals surface area contributed by atoms with Gasteiger partial charge in [-0.3, -0.25) is 24.9 Å². The lowest BCUT2D eigenvalue weighted by molar-refractivity contribution is -0.116. The van der Waals surface area contributed by atoms with E-state index in [2.05, 4.69) is 45.9 Å². The second-order valence-electron chi connectivity index (χ2n) is 10.7. The summed E-state index contributed by atoms with van der Waals surface area (Å²) in [5, 5.41) is 6.13. The largest absolute Gasteiger partial charge is 0.328 e. The molecule has 7 nitrogen and oxygen atoms in total. The lowest BCUT2D eigenvalue weighted by Gasteiger charge is -2.44. The number of carbonyl (C=O) groups excluding carboxylic acids is 2. The molecule has 3 aliphatic rings. The van der Waals surface area contributed by atoms with Gasteiger partial charge in [0.25, 0.3) is 0 Å². The molecular formula is C30H39N5O2. The van der Waals surface area contributed by atoms with E-state index in [0.29, 0.717) is 12.5 Å². The van der Waals surface area contributed by atoms with Crippen molar-refractivity contribution in [3.05, 3.63) is 60.2 Å². The van der Waals surface area contributed by atoms with E-state index in [4.69, 9.17) is 4.99 Å². The molecule has 196 valence electrons. The molecule has 37 heavy (non-hydrogen) atoms. The third-order valence-corrected chi connectivity index (χ3v) is 8.00. The smallest absolute Gasteiger partial charge is 0.326 e. The predicted molar refractivity (Wildman–Crippen MR) is 149 cm³/mol. The molecule has 1 spiro atoms. The highest BCUT2D eigenvalue weighted by Gasteiger charge is 2.53. The van der Waals surface area contributed by atoms with Crippen LogP contribution < -0.4 is 15.5 Å². The summed E-state index contributed by atoms with van der Waals surface area (Å²) in [4.78, 5) is 35.1. The molecule has 5 rings (SSSR count). The van der Waals surface area contributed by atoms with Crippen LogP contribution in [0.2, 0.25) is 0 Å². The summed E-state index contributed by atoms with van der Waals surface area (Å²) in [7, 11) is 0. The average molecular weight is 502 g/mol. The summed E-state index contributed by atoms with van der Waals surface area (Å²) in [6.45, 7) is 4.70. The number of rotatable bonds is 7. The van der Waals surface area contributed by atoms with Crippen molar-refractivity contribution in [1.82, 2.24) is 10.2 Å². The third-order valence-electron chi connectivity index (χ3n) is 8.00. The van der Waals surface area contributed by atoms with Gasteiger partial charge in [0.05, 0.1) is 6.04 Å². The molecule has 0 aromatic heterocycles. The maximum absolute atomic E-state index is 13.5. The van der Waals surface area contributed by atoms with E-state index in [1.807, 2.05) is 36.1 Å². The molecule has 2 aromatic carbocycles. The second kappa shape index (κ2) is 11.5. The molecule has 2 heterocycles. The van der Waals surface area contributed by atoms with Crippen molar-refractivity contribution in [3.63, 3.8) is 0 Å². The highest BCUT2D eigenvalue weighted by molar-refractivity contribution is 6.19. The molecule has 2 aromatic rings. The van der Waals surface area contributed by atoms with Crippen LogP contribution in [0.4, 0.5) is 16.2 Å². The van der Waals surface area contributed by atoms with E-state index in [1.165, 1.54) is 24.8 Å². The average Bonchev–Trinajstić information content (AvgIpc) is 3.17. The fraction of sp³-hybridized carbons (Fsp3) is 0.500. The lowest BCUT2D eigenvalue weighted by Crippen LogP contribution is -2.57. The number of amides is 3. The van der Waals surface area contributed by atoms with Crippen LogP contribution in [0.1, 0.15) is 70.3 Å². The molecule has 2 N–H and O–H groups in total. The van der Waals surface area contributed by atoms with Gasteiger partial charge >= 0.3 is 6.03 Å². The van der Waals surface area contributed by atoms with Gasteiger partial charge in [0.15, 0.2) is 0 Å². The van der Waals surface area contributed by atoms with Crippen molar-refractivity contribution in [2.24, 2.45) is 4.99 Å². The van der Waals surface area contributed by atoms with Gasteiger partial charge in [-0.25, -0.2) is 4.79 Å². The van der Waals surface area contributed by atoms with Crippen LogP contribution >= 0.6 is 0 Å². The van der Waals surface area contributed by atoms with Crippen molar-refractivity contribution >= 4 is 29.1 Å². The van der Waals surface area contributed by atoms with Gasteiger partial charge in [0, 0.05) is 37.4 Å². The first kappa shape index (κ1) is 25.5. The molecule has 0 radical (unpaired) electrons. The molecule has 2 saturated heterocycles. The van der Waals surface area contributed by atoms with Gasteiger partial charge in [0.1, 0.15) is 11.4 Å². The molecule has 7 heteroatoms. The molecule has 0 unspecified atom stereocenters. The minimum atomic E-state index is -0.464. The van der Waals surface area contributed by atoms with Crippen LogP contribution in [0.5, 0.6) is 0 Å². The summed E-state index contributed by atoms with van der Waals surface area (Å²) < 4.78 is 0. The number of nitrogens with one attached hydrogen (secondary N) is 2. The first-order valence-electron chi connectivity index (χ1n) is 13.9. The molecule has 0 atom stereocenters. The number of hydrogen-bond acceptors (Lipinski definition) is 4. The third kappa shape index (κ3) is 5.72. The van der Waals surface area contributed by atoms with Crippen molar-refractivity contribution in [2.45, 2.75) is 82.8 Å². The number of likely N-dealkylation sites (tertiary alicyclic amines) is 1. The van der Waals surface area contributed by atoms with E-state index in [9.17, 15) is 9.59 Å². The Morgan fingerprint density at radius 3 is 2.41 bits per heavy atom. The first-order chi connectivity index (χ1) is 18.1. The fourth-order valence-electron chi connectivity index (χ4n) is 6.01. The van der Waals surface area contributed by atoms with Crippen LogP contribution in [0.25, 0.3) is 0 Å². The van der Waals surface area contributed by atoms with E-state index in [1.54, 1.807) is 0 Å². The summed E-state index contributed by atoms with van der Waals surface area (Å²) in [6.07, 6.45) is 8.87. The Hall–Kier alpha value is -3.19. The molecule has 3 amide bonds. The van der Waals surface area contributed by atoms with Crippen molar-refractivity contribution in [3.8, 4) is 0 Å². The molecule has 3 fully saturated rings. The number of benzene rings is 2. The van der Waals surface area contributed by atoms with Gasteiger partial charge in [-0.2, -0.15) is 0 Å². The molecule has 2 aliphatic heterocycles. The van der Waals surface area contributed by atoms with Crippen LogP contribution in [0.3, 0.4) is 0 Å². The van der Waals surface area contributed by atoms with Crippen LogP contribution in [0.15, 0.2) is 59.6 Å². The number of nitrogens with zero attached hydrogens (tertiary/aromatic N) is 3. The van der Waals surface area contributed by atoms with Crippen LogP contribution in [-0.2, 0) is 11.3 Å². The Kier molecular flexibility index (Phi) is 7.89. The quantitative estimate of drug-likeness (QED) is 0.509. The summed E-state index contributed by atoms with van der Waals surface area (Å²) in [5.74, 6) is 0.863. The normalized spacial score (nSPS) is 21.4. The zero-order valence-corrected chi connectivity index (χ0v) is 21.9. The summed E-state index contributed by atoms with van der Waals surface area (Å²) in [6, 6.07) is 18.4. The summed E-state index contributed by atoms with van der Waals surface area (Å²) >= 11 is 0. The number of hydrogen-bond donors (Lipinski definition) is 2. The van der Waals surface area contributed by atoms with Crippen molar-refractivity contribution in [2.75, 3.05) is 23.3 Å². The Bertz CT molecular complexity index is 1100. The van der Waals surface area contributed by atoms with Gasteiger partial charge in [-0.1, -0.05) is 56.5 Å². The maximum Gasteiger partial charge on any atom is 0.328 e. The number of carbonyl (C=O) groups is 2. The fourth-order valence-corrected chi connectivity index (χ4v) is 6.01. The summed E-state index contributed by atoms with van der Waals surface area (Å²) in [5.41, 5.74) is 2.45. The van der Waals surface area contributed by atoms with Crippen molar-refractivity contribution in [1.29, 1.82) is 0 Å². The second-order valence-corrected chi connectivity index (χ2v) is 10.7. The predicted octanol–water partition coefficient (Wildman–Crippen LogP) is 5.72. The van der Waals surface area contributed by atoms with Gasteiger partial charge < -0.3 is 5.32 Å². The minimum absolute atomic E-state index is 0.0123. The molecule has 1 saturated carbocycles. The molecular weight excluding hydrogens is 462 g/mol. The van der Waals surface area contributed by atoms with Crippen LogP contribution in [0, 0.1) is 0 Å². The van der Waals surface area contributed by atoms with E-state index < -0.39 is 5.54 Å². The maximum atomic E-state index is 13.5. The highest BCUT2D eigenvalue weighted by atomic mass is 16.2. The van der Waals surface area contributed by atoms with Gasteiger partial charge in [0.2, 0.25) is 5.91 Å². The number of piperidine rings is 1. The van der Waals surface area contributed by atoms with Gasteiger partial charge in [-0.05, 0) is 61.9 Å². The molecule has 1 aliphatic carbocycles. The molecule has 0 bridgehead atoms. The zero-order chi connectivity index (χ0) is 25.7. The number of urea groups is 1. The monoisotopic (exact) mass is 501 g/mol. The SMILES string of the molecule is CCCC(=O)Nc1ccc(N2C(=O)NC(=NC3CCCCC3)C23CCN(Cc2ccccc2)CC3)cc1. The van der Waals surface area contributed by atoms with E-state index in [0.717, 1.165) is 68.9 Å². The Labute approximate surface area is 220 Å².